The number of hydrogen-bond acceptors (Lipinski definition) is 1. The van der Waals surface area contributed by atoms with E-state index in [4.69, 9.17) is 23.2 Å². The Morgan fingerprint density at radius 2 is 1.73 bits per heavy atom. The van der Waals surface area contributed by atoms with E-state index < -0.39 is 0 Å². The third-order valence-electron chi connectivity index (χ3n) is 4.48. The number of allylic oxidation sites excluding steroid dienone is 1. The van der Waals surface area contributed by atoms with Crippen LogP contribution in [0.25, 0.3) is 17.3 Å². The molecular formula is C22H18Cl2N2. The number of nitrogens with zero attached hydrogens (tertiary/aromatic N) is 2. The van der Waals surface area contributed by atoms with Gasteiger partial charge in [-0.25, -0.2) is 0 Å². The van der Waals surface area contributed by atoms with Crippen molar-refractivity contribution in [3.8, 4) is 11.8 Å². The van der Waals surface area contributed by atoms with Gasteiger partial charge in [0.2, 0.25) is 0 Å². The minimum Gasteiger partial charge on any atom is -0.318 e. The van der Waals surface area contributed by atoms with Crippen molar-refractivity contribution in [2.24, 2.45) is 0 Å². The third kappa shape index (κ3) is 3.42. The zero-order chi connectivity index (χ0) is 18.8. The van der Waals surface area contributed by atoms with Crippen molar-refractivity contribution in [1.29, 1.82) is 5.26 Å². The number of hydrogen-bond donors (Lipinski definition) is 0. The second kappa shape index (κ2) is 7.41. The highest BCUT2D eigenvalue weighted by Gasteiger charge is 2.12. The lowest BCUT2D eigenvalue weighted by molar-refractivity contribution is 0.954. The minimum atomic E-state index is 0.440. The van der Waals surface area contributed by atoms with Gasteiger partial charge in [0.15, 0.2) is 0 Å². The molecule has 26 heavy (non-hydrogen) atoms. The highest BCUT2D eigenvalue weighted by molar-refractivity contribution is 6.42. The molecule has 0 atom stereocenters. The van der Waals surface area contributed by atoms with Gasteiger partial charge in [-0.05, 0) is 67.8 Å². The molecule has 0 radical (unpaired) electrons. The summed E-state index contributed by atoms with van der Waals surface area (Å²) in [6.45, 7) is 6.23. The molecule has 130 valence electrons. The van der Waals surface area contributed by atoms with Gasteiger partial charge in [-0.3, -0.25) is 0 Å². The summed E-state index contributed by atoms with van der Waals surface area (Å²) in [4.78, 5) is 0. The molecule has 0 spiro atoms. The highest BCUT2D eigenvalue weighted by atomic mass is 35.5. The van der Waals surface area contributed by atoms with Gasteiger partial charge < -0.3 is 4.57 Å². The average molecular weight is 381 g/mol. The van der Waals surface area contributed by atoms with E-state index in [1.165, 1.54) is 5.56 Å². The summed E-state index contributed by atoms with van der Waals surface area (Å²) in [5.41, 5.74) is 6.87. The first-order valence-corrected chi connectivity index (χ1v) is 9.00. The van der Waals surface area contributed by atoms with E-state index in [2.05, 4.69) is 49.6 Å². The van der Waals surface area contributed by atoms with Crippen molar-refractivity contribution in [1.82, 2.24) is 4.57 Å². The van der Waals surface area contributed by atoms with Gasteiger partial charge >= 0.3 is 0 Å². The van der Waals surface area contributed by atoms with E-state index in [1.807, 2.05) is 24.3 Å². The number of aromatic nitrogens is 1. The third-order valence-corrected chi connectivity index (χ3v) is 5.22. The van der Waals surface area contributed by atoms with Gasteiger partial charge in [0.05, 0.1) is 21.7 Å². The topological polar surface area (TPSA) is 28.7 Å². The van der Waals surface area contributed by atoms with Crippen molar-refractivity contribution < 1.29 is 0 Å². The number of aryl methyl sites for hydroxylation is 2. The lowest BCUT2D eigenvalue weighted by Gasteiger charge is -2.12. The van der Waals surface area contributed by atoms with Crippen LogP contribution in [0.5, 0.6) is 0 Å². The molecule has 1 aromatic heterocycles. The predicted molar refractivity (Wildman–Crippen MR) is 110 cm³/mol. The molecule has 2 nitrogen and oxygen atoms in total. The lowest BCUT2D eigenvalue weighted by Crippen LogP contribution is -2.01. The highest BCUT2D eigenvalue weighted by Crippen LogP contribution is 2.29. The Balaban J connectivity index is 2.11. The quantitative estimate of drug-likeness (QED) is 0.460. The molecule has 1 heterocycles. The molecule has 0 aliphatic rings. The molecule has 0 fully saturated rings. The number of benzene rings is 2. The smallest absolute Gasteiger partial charge is 0.0998 e. The fourth-order valence-electron chi connectivity index (χ4n) is 3.12. The van der Waals surface area contributed by atoms with E-state index in [0.29, 0.717) is 15.6 Å². The van der Waals surface area contributed by atoms with E-state index in [9.17, 15) is 5.26 Å². The van der Waals surface area contributed by atoms with Crippen LogP contribution < -0.4 is 0 Å². The van der Waals surface area contributed by atoms with Gasteiger partial charge in [0.25, 0.3) is 0 Å². The molecule has 3 rings (SSSR count). The molecule has 0 N–H and O–H groups in total. The van der Waals surface area contributed by atoms with Crippen LogP contribution in [-0.4, -0.2) is 4.57 Å². The number of para-hydroxylation sites is 1. The van der Waals surface area contributed by atoms with Crippen LogP contribution >= 0.6 is 23.2 Å². The average Bonchev–Trinajstić information content (AvgIpc) is 2.89. The Labute approximate surface area is 163 Å². The van der Waals surface area contributed by atoms with Crippen molar-refractivity contribution in [2.45, 2.75) is 20.8 Å². The maximum atomic E-state index is 9.63. The fourth-order valence-corrected chi connectivity index (χ4v) is 3.42. The number of nitriles is 1. The van der Waals surface area contributed by atoms with Crippen LogP contribution in [0.2, 0.25) is 10.0 Å². The van der Waals surface area contributed by atoms with E-state index in [1.54, 1.807) is 12.1 Å². The van der Waals surface area contributed by atoms with Crippen LogP contribution in [0, 0.1) is 32.1 Å². The zero-order valence-corrected chi connectivity index (χ0v) is 16.4. The summed E-state index contributed by atoms with van der Waals surface area (Å²) >= 11 is 12.1. The second-order valence-electron chi connectivity index (χ2n) is 6.25. The van der Waals surface area contributed by atoms with Gasteiger partial charge in [-0.15, -0.1) is 0 Å². The molecule has 0 unspecified atom stereocenters. The molecule has 0 saturated carbocycles. The molecule has 3 aromatic rings. The van der Waals surface area contributed by atoms with Crippen LogP contribution in [0.3, 0.4) is 0 Å². The van der Waals surface area contributed by atoms with Crippen molar-refractivity contribution in [3.05, 3.63) is 86.7 Å². The molecule has 2 aromatic carbocycles. The molecule has 0 amide bonds. The number of halogens is 2. The van der Waals surface area contributed by atoms with Crippen LogP contribution in [0.15, 0.2) is 48.5 Å². The summed E-state index contributed by atoms with van der Waals surface area (Å²) in [6.07, 6.45) is 1.90. The maximum Gasteiger partial charge on any atom is 0.0998 e. The van der Waals surface area contributed by atoms with Gasteiger partial charge in [-0.2, -0.15) is 5.26 Å². The normalized spacial score (nSPS) is 11.5. The van der Waals surface area contributed by atoms with Gasteiger partial charge in [0.1, 0.15) is 0 Å². The Morgan fingerprint density at radius 1 is 1.00 bits per heavy atom. The van der Waals surface area contributed by atoms with E-state index in [0.717, 1.165) is 28.2 Å². The van der Waals surface area contributed by atoms with E-state index >= 15 is 0 Å². The second-order valence-corrected chi connectivity index (χ2v) is 7.06. The summed E-state index contributed by atoms with van der Waals surface area (Å²) in [6, 6.07) is 17.9. The standard InChI is InChI=1S/C22H18Cl2N2/c1-14-6-4-5-7-22(14)26-15(2)10-18(16(26)3)11-19(13-25)17-8-9-20(23)21(24)12-17/h4-12H,1-3H3/b19-11-. The minimum absolute atomic E-state index is 0.440. The van der Waals surface area contributed by atoms with Gasteiger partial charge in [0, 0.05) is 17.1 Å². The Bertz CT molecular complexity index is 1050. The first-order chi connectivity index (χ1) is 12.4. The van der Waals surface area contributed by atoms with E-state index in [-0.39, 0.29) is 0 Å². The molecule has 0 aliphatic heterocycles. The van der Waals surface area contributed by atoms with Crippen LogP contribution in [0.1, 0.15) is 28.1 Å². The SMILES string of the molecule is Cc1ccccc1-n1c(C)cc(/C=C(/C#N)c2ccc(Cl)c(Cl)c2)c1C. The Morgan fingerprint density at radius 3 is 2.38 bits per heavy atom. The Hall–Kier alpha value is -2.47. The summed E-state index contributed by atoms with van der Waals surface area (Å²) in [5.74, 6) is 0. The van der Waals surface area contributed by atoms with Crippen molar-refractivity contribution in [3.63, 3.8) is 0 Å². The fraction of sp³-hybridized carbons (Fsp3) is 0.136. The van der Waals surface area contributed by atoms with Gasteiger partial charge in [-0.1, -0.05) is 47.5 Å². The summed E-state index contributed by atoms with van der Waals surface area (Å²) in [5, 5.41) is 10.5. The Kier molecular flexibility index (Phi) is 5.23. The van der Waals surface area contributed by atoms with Crippen molar-refractivity contribution >= 4 is 34.9 Å². The molecule has 0 bridgehead atoms. The zero-order valence-electron chi connectivity index (χ0n) is 14.8. The van der Waals surface area contributed by atoms with Crippen molar-refractivity contribution in [2.75, 3.05) is 0 Å². The lowest BCUT2D eigenvalue weighted by atomic mass is 10.0. The molecule has 0 saturated heterocycles. The largest absolute Gasteiger partial charge is 0.318 e. The first kappa shape index (κ1) is 18.3. The first-order valence-electron chi connectivity index (χ1n) is 8.24. The monoisotopic (exact) mass is 380 g/mol. The van der Waals surface area contributed by atoms with Crippen LogP contribution in [0.4, 0.5) is 0 Å². The molecule has 4 heteroatoms. The van der Waals surface area contributed by atoms with Crippen LogP contribution in [-0.2, 0) is 0 Å². The molecule has 0 aliphatic carbocycles. The summed E-state index contributed by atoms with van der Waals surface area (Å²) < 4.78 is 2.21. The molecular weight excluding hydrogens is 363 g/mol. The number of rotatable bonds is 3. The maximum absolute atomic E-state index is 9.63. The summed E-state index contributed by atoms with van der Waals surface area (Å²) in [7, 11) is 0. The predicted octanol–water partition coefficient (Wildman–Crippen LogP) is 6.77.